The first-order valence-electron chi connectivity index (χ1n) is 11.3. The predicted octanol–water partition coefficient (Wildman–Crippen LogP) is 5.13. The lowest BCUT2D eigenvalue weighted by molar-refractivity contribution is -0.120. The number of ether oxygens (including phenoxy) is 1. The summed E-state index contributed by atoms with van der Waals surface area (Å²) in [6, 6.07) is 20.6. The minimum absolute atomic E-state index is 0.0408. The van der Waals surface area contributed by atoms with Gasteiger partial charge in [-0.25, -0.2) is 8.42 Å². The summed E-state index contributed by atoms with van der Waals surface area (Å²) in [4.78, 5) is 13.3. The highest BCUT2D eigenvalue weighted by Crippen LogP contribution is 2.33. The maximum absolute atomic E-state index is 13.7. The molecule has 8 heteroatoms. The Morgan fingerprint density at radius 3 is 2.53 bits per heavy atom. The molecule has 0 saturated carbocycles. The molecule has 0 unspecified atom stereocenters. The number of anilines is 1. The fraction of sp³-hybridized carbons (Fsp3) is 0.269. The Balaban J connectivity index is 1.67. The molecule has 0 aromatic heterocycles. The van der Waals surface area contributed by atoms with Crippen LogP contribution >= 0.6 is 11.6 Å². The Morgan fingerprint density at radius 1 is 1.06 bits per heavy atom. The van der Waals surface area contributed by atoms with Crippen LogP contribution in [0.4, 0.5) is 5.69 Å². The number of halogens is 1. The predicted molar refractivity (Wildman–Crippen MR) is 134 cm³/mol. The number of amides is 1. The van der Waals surface area contributed by atoms with Crippen LogP contribution in [0, 0.1) is 0 Å². The second-order valence-corrected chi connectivity index (χ2v) is 10.4. The zero-order valence-electron chi connectivity index (χ0n) is 18.9. The van der Waals surface area contributed by atoms with Gasteiger partial charge < -0.3 is 10.1 Å². The van der Waals surface area contributed by atoms with Crippen molar-refractivity contribution in [2.45, 2.75) is 37.1 Å². The van der Waals surface area contributed by atoms with Crippen LogP contribution < -0.4 is 14.4 Å². The topological polar surface area (TPSA) is 75.7 Å². The van der Waals surface area contributed by atoms with Gasteiger partial charge in [-0.05, 0) is 73.7 Å². The Hall–Kier alpha value is -3.03. The number of carbonyl (C=O) groups is 1. The van der Waals surface area contributed by atoms with Gasteiger partial charge in [-0.1, -0.05) is 48.0 Å². The minimum atomic E-state index is -4.07. The van der Waals surface area contributed by atoms with Gasteiger partial charge in [-0.3, -0.25) is 9.10 Å². The Kier molecular flexibility index (Phi) is 7.44. The lowest BCUT2D eigenvalue weighted by Crippen LogP contribution is -2.42. The van der Waals surface area contributed by atoms with Crippen molar-refractivity contribution in [1.82, 2.24) is 5.32 Å². The van der Waals surface area contributed by atoms with Crippen LogP contribution in [0.5, 0.6) is 5.75 Å². The van der Waals surface area contributed by atoms with Crippen molar-refractivity contribution in [2.24, 2.45) is 0 Å². The highest BCUT2D eigenvalue weighted by molar-refractivity contribution is 7.92. The molecule has 34 heavy (non-hydrogen) atoms. The van der Waals surface area contributed by atoms with Crippen LogP contribution in [0.15, 0.2) is 77.7 Å². The van der Waals surface area contributed by atoms with E-state index in [4.69, 9.17) is 16.3 Å². The molecule has 3 aromatic rings. The Morgan fingerprint density at radius 2 is 1.76 bits per heavy atom. The van der Waals surface area contributed by atoms with Crippen molar-refractivity contribution >= 4 is 33.2 Å². The summed E-state index contributed by atoms with van der Waals surface area (Å²) >= 11 is 5.97. The summed E-state index contributed by atoms with van der Waals surface area (Å²) in [6.45, 7) is 1.80. The number of hydrogen-bond donors (Lipinski definition) is 1. The summed E-state index contributed by atoms with van der Waals surface area (Å²) in [6.07, 6.45) is 2.74. The molecule has 1 atom stereocenters. The SMILES string of the molecule is CCOc1ccccc1N(CC(=O)N[C@H]1CCCc2ccccc21)S(=O)(=O)c1ccc(Cl)cc1. The fourth-order valence-corrected chi connectivity index (χ4v) is 5.81. The molecular formula is C26H27ClN2O4S. The molecule has 3 aromatic carbocycles. The van der Waals surface area contributed by atoms with Crippen molar-refractivity contribution < 1.29 is 17.9 Å². The second kappa shape index (κ2) is 10.5. The molecule has 178 valence electrons. The molecule has 1 N–H and O–H groups in total. The zero-order chi connectivity index (χ0) is 24.1. The van der Waals surface area contributed by atoms with E-state index in [9.17, 15) is 13.2 Å². The molecule has 1 amide bonds. The van der Waals surface area contributed by atoms with Gasteiger partial charge in [0.25, 0.3) is 10.0 Å². The molecule has 1 aliphatic rings. The number of nitrogens with one attached hydrogen (secondary N) is 1. The highest BCUT2D eigenvalue weighted by Gasteiger charge is 2.31. The van der Waals surface area contributed by atoms with Crippen molar-refractivity contribution in [3.8, 4) is 5.75 Å². The van der Waals surface area contributed by atoms with E-state index >= 15 is 0 Å². The molecular weight excluding hydrogens is 472 g/mol. The lowest BCUT2D eigenvalue weighted by atomic mass is 9.88. The normalized spacial score (nSPS) is 15.3. The Labute approximate surface area is 205 Å². The summed E-state index contributed by atoms with van der Waals surface area (Å²) < 4.78 is 34.1. The third kappa shape index (κ3) is 5.21. The monoisotopic (exact) mass is 498 g/mol. The van der Waals surface area contributed by atoms with Gasteiger partial charge in [-0.15, -0.1) is 0 Å². The van der Waals surface area contributed by atoms with Crippen LogP contribution in [0.3, 0.4) is 0 Å². The number of fused-ring (bicyclic) bond motifs is 1. The number of rotatable bonds is 8. The lowest BCUT2D eigenvalue weighted by Gasteiger charge is -2.29. The molecule has 4 rings (SSSR count). The van der Waals surface area contributed by atoms with Crippen molar-refractivity contribution in [1.29, 1.82) is 0 Å². The van der Waals surface area contributed by atoms with Crippen LogP contribution in [-0.2, 0) is 21.2 Å². The van der Waals surface area contributed by atoms with Crippen LogP contribution in [-0.4, -0.2) is 27.5 Å². The molecule has 0 fully saturated rings. The largest absolute Gasteiger partial charge is 0.492 e. The third-order valence-corrected chi connectivity index (χ3v) is 7.85. The molecule has 1 aliphatic carbocycles. The van der Waals surface area contributed by atoms with E-state index in [1.54, 1.807) is 24.3 Å². The summed E-state index contributed by atoms with van der Waals surface area (Å²) in [5.74, 6) is 0.00361. The minimum Gasteiger partial charge on any atom is -0.492 e. The second-order valence-electron chi connectivity index (χ2n) is 8.08. The smallest absolute Gasteiger partial charge is 0.264 e. The first kappa shape index (κ1) is 24.1. The number of carbonyl (C=O) groups excluding carboxylic acids is 1. The van der Waals surface area contributed by atoms with E-state index in [0.29, 0.717) is 23.1 Å². The van der Waals surface area contributed by atoms with Gasteiger partial charge in [-0.2, -0.15) is 0 Å². The van der Waals surface area contributed by atoms with Gasteiger partial charge >= 0.3 is 0 Å². The number of aryl methyl sites for hydroxylation is 1. The van der Waals surface area contributed by atoms with Gasteiger partial charge in [0.05, 0.1) is 23.2 Å². The first-order valence-corrected chi connectivity index (χ1v) is 13.1. The number of para-hydroxylation sites is 2. The van der Waals surface area contributed by atoms with Crippen LogP contribution in [0.1, 0.15) is 36.9 Å². The molecule has 0 spiro atoms. The maximum Gasteiger partial charge on any atom is 0.264 e. The van der Waals surface area contributed by atoms with E-state index < -0.39 is 10.0 Å². The van der Waals surface area contributed by atoms with E-state index in [-0.39, 0.29) is 23.4 Å². The summed E-state index contributed by atoms with van der Waals surface area (Å²) in [5, 5.41) is 3.48. The highest BCUT2D eigenvalue weighted by atomic mass is 35.5. The number of nitrogens with zero attached hydrogens (tertiary/aromatic N) is 1. The van der Waals surface area contributed by atoms with Crippen molar-refractivity contribution in [3.63, 3.8) is 0 Å². The molecule has 0 heterocycles. The molecule has 0 radical (unpaired) electrons. The van der Waals surface area contributed by atoms with Gasteiger partial charge in [0.2, 0.25) is 5.91 Å². The van der Waals surface area contributed by atoms with Crippen molar-refractivity contribution in [2.75, 3.05) is 17.5 Å². The molecule has 0 aliphatic heterocycles. The molecule has 0 bridgehead atoms. The van der Waals surface area contributed by atoms with E-state index in [0.717, 1.165) is 29.1 Å². The third-order valence-electron chi connectivity index (χ3n) is 5.83. The molecule has 0 saturated heterocycles. The van der Waals surface area contributed by atoms with E-state index in [1.807, 2.05) is 25.1 Å². The summed E-state index contributed by atoms with van der Waals surface area (Å²) in [5.41, 5.74) is 2.61. The van der Waals surface area contributed by atoms with Gasteiger partial charge in [0.15, 0.2) is 0 Å². The Bertz CT molecular complexity index is 1260. The molecule has 6 nitrogen and oxygen atoms in total. The van der Waals surface area contributed by atoms with Crippen molar-refractivity contribution in [3.05, 3.63) is 88.9 Å². The van der Waals surface area contributed by atoms with E-state index in [1.165, 1.54) is 29.8 Å². The fourth-order valence-electron chi connectivity index (χ4n) is 4.25. The number of hydrogen-bond acceptors (Lipinski definition) is 4. The number of sulfonamides is 1. The van der Waals surface area contributed by atoms with Gasteiger partial charge in [0.1, 0.15) is 12.3 Å². The number of benzene rings is 3. The standard InChI is InChI=1S/C26H27ClN2O4S/c1-2-33-25-13-6-5-12-24(25)29(34(31,32)21-16-14-20(27)15-17-21)18-26(30)28-23-11-7-9-19-8-3-4-10-22(19)23/h3-6,8,10,12-17,23H,2,7,9,11,18H2,1H3,(H,28,30)/t23-/m0/s1. The summed E-state index contributed by atoms with van der Waals surface area (Å²) in [7, 11) is -4.07. The van der Waals surface area contributed by atoms with Crippen LogP contribution in [0.25, 0.3) is 0 Å². The zero-order valence-corrected chi connectivity index (χ0v) is 20.5. The van der Waals surface area contributed by atoms with E-state index in [2.05, 4.69) is 11.4 Å². The maximum atomic E-state index is 13.7. The first-order chi connectivity index (χ1) is 16.4. The average molecular weight is 499 g/mol. The average Bonchev–Trinajstić information content (AvgIpc) is 2.84. The van der Waals surface area contributed by atoms with Gasteiger partial charge in [0, 0.05) is 5.02 Å². The van der Waals surface area contributed by atoms with Crippen LogP contribution in [0.2, 0.25) is 5.02 Å². The quantitative estimate of drug-likeness (QED) is 0.467.